The summed E-state index contributed by atoms with van der Waals surface area (Å²) in [6.07, 6.45) is 2.50. The van der Waals surface area contributed by atoms with E-state index in [4.69, 9.17) is 9.15 Å². The Hall–Kier alpha value is -1.63. The number of H-pyrrole nitrogens is 1. The van der Waals surface area contributed by atoms with Crippen molar-refractivity contribution in [2.24, 2.45) is 0 Å². The van der Waals surface area contributed by atoms with Gasteiger partial charge in [-0.25, -0.2) is 0 Å². The lowest BCUT2D eigenvalue weighted by Crippen LogP contribution is -2.47. The van der Waals surface area contributed by atoms with Gasteiger partial charge in [-0.1, -0.05) is 0 Å². The number of ether oxygens (including phenoxy) is 1. The minimum atomic E-state index is 0.321. The molecule has 23 heavy (non-hydrogen) atoms. The number of furan rings is 1. The Balaban J connectivity index is 1.47. The molecule has 6 nitrogen and oxygen atoms in total. The summed E-state index contributed by atoms with van der Waals surface area (Å²) in [4.78, 5) is 2.46. The lowest BCUT2D eigenvalue weighted by molar-refractivity contribution is -0.0674. The van der Waals surface area contributed by atoms with Crippen LogP contribution in [0.15, 0.2) is 22.7 Å². The van der Waals surface area contributed by atoms with Gasteiger partial charge >= 0.3 is 0 Å². The Morgan fingerprint density at radius 1 is 1.30 bits per heavy atom. The van der Waals surface area contributed by atoms with Crippen molar-refractivity contribution < 1.29 is 9.15 Å². The largest absolute Gasteiger partial charge is 0.460 e. The van der Waals surface area contributed by atoms with Crippen LogP contribution in [0.4, 0.5) is 0 Å². The summed E-state index contributed by atoms with van der Waals surface area (Å²) >= 11 is 0. The SMILES string of the molecule is Cc1ccc(-c2[nH]ncc2CNCCN2C[C@@H](C)O[C@@H](C)C2)o1. The van der Waals surface area contributed by atoms with Crippen molar-refractivity contribution in [3.63, 3.8) is 0 Å². The summed E-state index contributed by atoms with van der Waals surface area (Å²) in [5.74, 6) is 1.75. The lowest BCUT2D eigenvalue weighted by Gasteiger charge is -2.35. The molecule has 0 spiro atoms. The molecule has 1 fully saturated rings. The average Bonchev–Trinajstić information content (AvgIpc) is 3.11. The molecule has 2 atom stereocenters. The van der Waals surface area contributed by atoms with Gasteiger partial charge in [-0.05, 0) is 32.9 Å². The second kappa shape index (κ2) is 7.29. The number of hydrogen-bond acceptors (Lipinski definition) is 5. The van der Waals surface area contributed by atoms with E-state index in [1.807, 2.05) is 25.3 Å². The predicted octanol–water partition coefficient (Wildman–Crippen LogP) is 2.18. The summed E-state index contributed by atoms with van der Waals surface area (Å²) in [6, 6.07) is 3.94. The van der Waals surface area contributed by atoms with Crippen LogP contribution in [0.3, 0.4) is 0 Å². The molecule has 0 aromatic carbocycles. The molecule has 0 aliphatic carbocycles. The van der Waals surface area contributed by atoms with E-state index in [2.05, 4.69) is 34.3 Å². The van der Waals surface area contributed by atoms with Gasteiger partial charge in [0.2, 0.25) is 0 Å². The molecule has 0 bridgehead atoms. The predicted molar refractivity (Wildman–Crippen MR) is 89.2 cm³/mol. The van der Waals surface area contributed by atoms with Gasteiger partial charge in [-0.3, -0.25) is 10.00 Å². The summed E-state index contributed by atoms with van der Waals surface area (Å²) in [7, 11) is 0. The average molecular weight is 318 g/mol. The van der Waals surface area contributed by atoms with Gasteiger partial charge in [0.15, 0.2) is 5.76 Å². The van der Waals surface area contributed by atoms with Crippen molar-refractivity contribution in [2.45, 2.75) is 39.5 Å². The van der Waals surface area contributed by atoms with Crippen LogP contribution >= 0.6 is 0 Å². The molecule has 1 saturated heterocycles. The monoisotopic (exact) mass is 318 g/mol. The van der Waals surface area contributed by atoms with Crippen LogP contribution in [0.5, 0.6) is 0 Å². The summed E-state index contributed by atoms with van der Waals surface area (Å²) in [6.45, 7) is 11.0. The first-order chi connectivity index (χ1) is 11.1. The van der Waals surface area contributed by atoms with Crippen molar-refractivity contribution in [1.82, 2.24) is 20.4 Å². The van der Waals surface area contributed by atoms with Gasteiger partial charge in [0.25, 0.3) is 0 Å². The van der Waals surface area contributed by atoms with Gasteiger partial charge in [0, 0.05) is 38.3 Å². The van der Waals surface area contributed by atoms with E-state index >= 15 is 0 Å². The molecule has 2 N–H and O–H groups in total. The maximum atomic E-state index is 5.76. The van der Waals surface area contributed by atoms with Crippen molar-refractivity contribution in [2.75, 3.05) is 26.2 Å². The molecule has 3 rings (SSSR count). The molecule has 1 aliphatic heterocycles. The number of hydrogen-bond donors (Lipinski definition) is 2. The number of rotatable bonds is 6. The Kier molecular flexibility index (Phi) is 5.15. The zero-order chi connectivity index (χ0) is 16.2. The molecule has 6 heteroatoms. The van der Waals surface area contributed by atoms with Crippen LogP contribution in [0.1, 0.15) is 25.2 Å². The molecule has 2 aromatic rings. The van der Waals surface area contributed by atoms with Crippen molar-refractivity contribution in [3.05, 3.63) is 29.7 Å². The van der Waals surface area contributed by atoms with E-state index in [1.165, 1.54) is 0 Å². The smallest absolute Gasteiger partial charge is 0.152 e. The molecule has 1 aliphatic rings. The van der Waals surface area contributed by atoms with Crippen molar-refractivity contribution >= 4 is 0 Å². The second-order valence-electron chi connectivity index (χ2n) is 6.37. The summed E-state index contributed by atoms with van der Waals surface area (Å²) in [5, 5.41) is 10.7. The molecular weight excluding hydrogens is 292 g/mol. The van der Waals surface area contributed by atoms with Crippen molar-refractivity contribution in [1.29, 1.82) is 0 Å². The maximum absolute atomic E-state index is 5.76. The highest BCUT2D eigenvalue weighted by Gasteiger charge is 2.21. The molecular formula is C17H26N4O2. The highest BCUT2D eigenvalue weighted by molar-refractivity contribution is 5.56. The Bertz CT molecular complexity index is 612. The van der Waals surface area contributed by atoms with E-state index in [9.17, 15) is 0 Å². The lowest BCUT2D eigenvalue weighted by atomic mass is 10.2. The topological polar surface area (TPSA) is 66.3 Å². The van der Waals surface area contributed by atoms with E-state index in [-0.39, 0.29) is 0 Å². The zero-order valence-electron chi connectivity index (χ0n) is 14.1. The maximum Gasteiger partial charge on any atom is 0.152 e. The van der Waals surface area contributed by atoms with Crippen LogP contribution < -0.4 is 5.32 Å². The normalized spacial score (nSPS) is 22.6. The van der Waals surface area contributed by atoms with Crippen LogP contribution in [-0.2, 0) is 11.3 Å². The van der Waals surface area contributed by atoms with E-state index in [0.29, 0.717) is 12.2 Å². The van der Waals surface area contributed by atoms with Crippen LogP contribution in [0.2, 0.25) is 0 Å². The number of morpholine rings is 1. The van der Waals surface area contributed by atoms with E-state index in [0.717, 1.165) is 55.5 Å². The zero-order valence-corrected chi connectivity index (χ0v) is 14.1. The first kappa shape index (κ1) is 16.2. The second-order valence-corrected chi connectivity index (χ2v) is 6.37. The van der Waals surface area contributed by atoms with Crippen LogP contribution in [-0.4, -0.2) is 53.5 Å². The fourth-order valence-corrected chi connectivity index (χ4v) is 3.15. The fourth-order valence-electron chi connectivity index (χ4n) is 3.15. The van der Waals surface area contributed by atoms with Gasteiger partial charge < -0.3 is 14.5 Å². The number of aromatic amines is 1. The number of aryl methyl sites for hydroxylation is 1. The Morgan fingerprint density at radius 3 is 2.78 bits per heavy atom. The van der Waals surface area contributed by atoms with Gasteiger partial charge in [0.05, 0.1) is 18.4 Å². The minimum Gasteiger partial charge on any atom is -0.460 e. The van der Waals surface area contributed by atoms with Crippen LogP contribution in [0, 0.1) is 6.92 Å². The molecule has 2 aromatic heterocycles. The number of aromatic nitrogens is 2. The highest BCUT2D eigenvalue weighted by atomic mass is 16.5. The minimum absolute atomic E-state index is 0.321. The van der Waals surface area contributed by atoms with E-state index in [1.54, 1.807) is 0 Å². The third-order valence-corrected chi connectivity index (χ3v) is 4.12. The quantitative estimate of drug-likeness (QED) is 0.799. The van der Waals surface area contributed by atoms with E-state index < -0.39 is 0 Å². The number of nitrogens with zero attached hydrogens (tertiary/aromatic N) is 2. The molecule has 0 saturated carbocycles. The standard InChI is InChI=1S/C17H26N4O2/c1-12-4-5-16(23-12)17-15(9-19-20-17)8-18-6-7-21-10-13(2)22-14(3)11-21/h4-5,9,13-14,18H,6-8,10-11H2,1-3H3,(H,19,20)/t13-,14+. The first-order valence-corrected chi connectivity index (χ1v) is 8.29. The van der Waals surface area contributed by atoms with Gasteiger partial charge in [-0.15, -0.1) is 0 Å². The molecule has 0 amide bonds. The number of nitrogens with one attached hydrogen (secondary N) is 2. The first-order valence-electron chi connectivity index (χ1n) is 8.29. The fraction of sp³-hybridized carbons (Fsp3) is 0.588. The van der Waals surface area contributed by atoms with Crippen LogP contribution in [0.25, 0.3) is 11.5 Å². The molecule has 126 valence electrons. The molecule has 0 unspecified atom stereocenters. The molecule has 0 radical (unpaired) electrons. The summed E-state index contributed by atoms with van der Waals surface area (Å²) in [5.41, 5.74) is 2.09. The third-order valence-electron chi connectivity index (χ3n) is 4.12. The van der Waals surface area contributed by atoms with Crippen molar-refractivity contribution in [3.8, 4) is 11.5 Å². The highest BCUT2D eigenvalue weighted by Crippen LogP contribution is 2.23. The third kappa shape index (κ3) is 4.22. The van der Waals surface area contributed by atoms with Gasteiger partial charge in [0.1, 0.15) is 11.5 Å². The Morgan fingerprint density at radius 2 is 2.09 bits per heavy atom. The molecule has 3 heterocycles. The summed E-state index contributed by atoms with van der Waals surface area (Å²) < 4.78 is 11.4. The Labute approximate surface area is 137 Å². The van der Waals surface area contributed by atoms with Gasteiger partial charge in [-0.2, -0.15) is 5.10 Å².